The number of anilines is 1. The number of halogens is 4. The van der Waals surface area contributed by atoms with Crippen LogP contribution in [-0.4, -0.2) is 22.5 Å². The van der Waals surface area contributed by atoms with Gasteiger partial charge in [-0.05, 0) is 36.7 Å². The normalized spacial score (nSPS) is 19.2. The first-order valence-corrected chi connectivity index (χ1v) is 7.60. The maximum atomic E-state index is 13.4. The predicted molar refractivity (Wildman–Crippen MR) is 80.5 cm³/mol. The fourth-order valence-corrected chi connectivity index (χ4v) is 2.75. The van der Waals surface area contributed by atoms with Crippen LogP contribution >= 0.6 is 23.1 Å². The minimum Gasteiger partial charge on any atom is -0.424 e. The van der Waals surface area contributed by atoms with Crippen molar-refractivity contribution in [2.75, 3.05) is 5.32 Å². The molecule has 1 atom stereocenters. The fraction of sp³-hybridized carbons (Fsp3) is 0.231. The number of alkyl halides is 3. The van der Waals surface area contributed by atoms with Gasteiger partial charge in [0.1, 0.15) is 5.00 Å². The Labute approximate surface area is 142 Å². The van der Waals surface area contributed by atoms with Gasteiger partial charge in [-0.2, -0.15) is 17.5 Å². The average molecular weight is 380 g/mol. The van der Waals surface area contributed by atoms with Gasteiger partial charge in [-0.3, -0.25) is 10.6 Å². The summed E-state index contributed by atoms with van der Waals surface area (Å²) in [7, 11) is 0. The Bertz CT molecular complexity index is 798. The van der Waals surface area contributed by atoms with Crippen molar-refractivity contribution in [2.24, 2.45) is 0 Å². The average Bonchev–Trinajstić information content (AvgIpc) is 3.01. The number of ether oxygens (including phenoxy) is 2. The highest BCUT2D eigenvalue weighted by molar-refractivity contribution is 7.10. The number of hydrogen-bond donors (Lipinski definition) is 2. The van der Waals surface area contributed by atoms with Crippen LogP contribution in [0.2, 0.25) is 5.02 Å². The number of urea groups is 1. The van der Waals surface area contributed by atoms with Crippen LogP contribution in [0.4, 0.5) is 23.0 Å². The zero-order valence-corrected chi connectivity index (χ0v) is 13.5. The lowest BCUT2D eigenvalue weighted by Crippen LogP contribution is -2.65. The molecule has 1 aromatic carbocycles. The molecule has 2 N–H and O–H groups in total. The Balaban J connectivity index is 1.82. The van der Waals surface area contributed by atoms with Crippen LogP contribution in [0.5, 0.6) is 11.5 Å². The van der Waals surface area contributed by atoms with Crippen LogP contribution in [-0.2, 0) is 0 Å². The largest absolute Gasteiger partial charge is 0.492 e. The third kappa shape index (κ3) is 3.06. The van der Waals surface area contributed by atoms with E-state index in [1.807, 2.05) is 0 Å². The van der Waals surface area contributed by atoms with Gasteiger partial charge in [0.15, 0.2) is 11.5 Å². The molecule has 0 spiro atoms. The molecule has 128 valence electrons. The Morgan fingerprint density at radius 1 is 1.29 bits per heavy atom. The molecule has 0 aliphatic carbocycles. The highest BCUT2D eigenvalue weighted by Gasteiger charge is 2.65. The number of hydrogen-bond acceptors (Lipinski definition) is 5. The van der Waals surface area contributed by atoms with Crippen molar-refractivity contribution in [1.82, 2.24) is 9.69 Å². The molecule has 0 bridgehead atoms. The van der Waals surface area contributed by atoms with E-state index in [1.54, 1.807) is 12.2 Å². The van der Waals surface area contributed by atoms with E-state index < -0.39 is 18.1 Å². The number of nitrogens with zero attached hydrogens (tertiary/aromatic N) is 1. The molecule has 3 rings (SSSR count). The molecule has 2 aromatic rings. The summed E-state index contributed by atoms with van der Waals surface area (Å²) < 4.78 is 53.9. The second-order valence-electron chi connectivity index (χ2n) is 4.82. The van der Waals surface area contributed by atoms with Crippen LogP contribution in [0.3, 0.4) is 0 Å². The van der Waals surface area contributed by atoms with Gasteiger partial charge in [0.05, 0.1) is 5.69 Å². The number of aryl methyl sites for hydroxylation is 1. The van der Waals surface area contributed by atoms with Crippen LogP contribution in [0, 0.1) is 6.92 Å². The molecular formula is C13H9ClF3N3O3S. The van der Waals surface area contributed by atoms with Crippen LogP contribution in [0.25, 0.3) is 0 Å². The van der Waals surface area contributed by atoms with Gasteiger partial charge >= 0.3 is 18.1 Å². The van der Waals surface area contributed by atoms with Gasteiger partial charge in [0, 0.05) is 11.1 Å². The molecule has 11 heteroatoms. The van der Waals surface area contributed by atoms with Gasteiger partial charge in [0.25, 0.3) is 0 Å². The van der Waals surface area contributed by atoms with Crippen molar-refractivity contribution in [3.8, 4) is 11.5 Å². The van der Waals surface area contributed by atoms with E-state index in [-0.39, 0.29) is 21.5 Å². The van der Waals surface area contributed by atoms with Crippen LogP contribution in [0.1, 0.15) is 5.69 Å². The van der Waals surface area contributed by atoms with E-state index >= 15 is 0 Å². The molecule has 0 saturated heterocycles. The smallest absolute Gasteiger partial charge is 0.424 e. The summed E-state index contributed by atoms with van der Waals surface area (Å²) in [6, 6.07) is 4.08. The number of amides is 2. The number of fused-ring (bicyclic) bond motifs is 1. The van der Waals surface area contributed by atoms with Gasteiger partial charge in [-0.15, -0.1) is 0 Å². The minimum atomic E-state index is -5.04. The molecule has 1 aliphatic rings. The number of benzene rings is 1. The third-order valence-electron chi connectivity index (χ3n) is 2.93. The lowest BCUT2D eigenvalue weighted by molar-refractivity contribution is -0.317. The summed E-state index contributed by atoms with van der Waals surface area (Å²) in [5.41, 5.74) is 0.622. The molecule has 2 amide bonds. The molecule has 0 fully saturated rings. The Morgan fingerprint density at radius 2 is 2.00 bits per heavy atom. The zero-order valence-electron chi connectivity index (χ0n) is 11.9. The highest BCUT2D eigenvalue weighted by Crippen LogP contribution is 2.46. The Morgan fingerprint density at radius 3 is 2.62 bits per heavy atom. The maximum Gasteiger partial charge on any atom is 0.492 e. The van der Waals surface area contributed by atoms with Crippen molar-refractivity contribution in [3.63, 3.8) is 0 Å². The molecule has 6 nitrogen and oxygen atoms in total. The molecule has 2 heterocycles. The first-order valence-electron chi connectivity index (χ1n) is 6.45. The lowest BCUT2D eigenvalue weighted by Gasteiger charge is -2.29. The van der Waals surface area contributed by atoms with Gasteiger partial charge in [-0.25, -0.2) is 4.79 Å². The summed E-state index contributed by atoms with van der Waals surface area (Å²) in [5.74, 6) is -3.76. The summed E-state index contributed by atoms with van der Waals surface area (Å²) in [5, 5.41) is 4.36. The van der Waals surface area contributed by atoms with Crippen molar-refractivity contribution >= 4 is 34.2 Å². The van der Waals surface area contributed by atoms with Gasteiger partial charge in [-0.1, -0.05) is 11.6 Å². The topological polar surface area (TPSA) is 72.5 Å². The number of carbonyl (C=O) groups is 1. The standard InChI is InChI=1S/C13H9ClF3N3O3S/c1-6-4-10(24-20-6)18-11(21)19-13(12(15,16)17)22-8-3-2-7(14)5-9(8)23-13/h2-5H,1H3,(H2,18,19,21)/t13-/m1/s1. The molecule has 0 radical (unpaired) electrons. The van der Waals surface area contributed by atoms with Gasteiger partial charge < -0.3 is 9.47 Å². The summed E-state index contributed by atoms with van der Waals surface area (Å²) in [6.07, 6.45) is -5.04. The molecular weight excluding hydrogens is 371 g/mol. The third-order valence-corrected chi connectivity index (χ3v) is 3.96. The van der Waals surface area contributed by atoms with Crippen LogP contribution < -0.4 is 20.1 Å². The highest BCUT2D eigenvalue weighted by atomic mass is 35.5. The SMILES string of the molecule is Cc1cc(NC(=O)N[C@]2(C(F)(F)F)Oc3ccc(Cl)cc3O2)sn1. The van der Waals surface area contributed by atoms with Crippen molar-refractivity contribution in [2.45, 2.75) is 19.0 Å². The summed E-state index contributed by atoms with van der Waals surface area (Å²) in [4.78, 5) is 11.9. The van der Waals surface area contributed by atoms with E-state index in [1.165, 1.54) is 18.2 Å². The molecule has 24 heavy (non-hydrogen) atoms. The molecule has 1 aliphatic heterocycles. The number of rotatable bonds is 2. The first kappa shape index (κ1) is 16.7. The second kappa shape index (κ2) is 5.71. The molecule has 1 aromatic heterocycles. The Kier molecular flexibility index (Phi) is 3.96. The minimum absolute atomic E-state index is 0.167. The van der Waals surface area contributed by atoms with Gasteiger partial charge in [0.2, 0.25) is 0 Å². The summed E-state index contributed by atoms with van der Waals surface area (Å²) in [6.45, 7) is 1.68. The fourth-order valence-electron chi connectivity index (χ4n) is 1.93. The van der Waals surface area contributed by atoms with E-state index in [4.69, 9.17) is 21.1 Å². The Hall–Kier alpha value is -2.20. The lowest BCUT2D eigenvalue weighted by atomic mass is 10.3. The number of aromatic nitrogens is 1. The number of nitrogens with one attached hydrogen (secondary N) is 2. The monoisotopic (exact) mass is 379 g/mol. The van der Waals surface area contributed by atoms with Crippen molar-refractivity contribution in [1.29, 1.82) is 0 Å². The predicted octanol–water partition coefficient (Wildman–Crippen LogP) is 3.91. The zero-order chi connectivity index (χ0) is 17.5. The van der Waals surface area contributed by atoms with E-state index in [0.717, 1.165) is 17.6 Å². The van der Waals surface area contributed by atoms with E-state index in [0.29, 0.717) is 5.69 Å². The maximum absolute atomic E-state index is 13.4. The molecule has 0 unspecified atom stereocenters. The number of carbonyl (C=O) groups excluding carboxylic acids is 1. The van der Waals surface area contributed by atoms with Crippen LogP contribution in [0.15, 0.2) is 24.3 Å². The van der Waals surface area contributed by atoms with E-state index in [2.05, 4.69) is 9.69 Å². The first-order chi connectivity index (χ1) is 11.2. The van der Waals surface area contributed by atoms with Crippen molar-refractivity contribution < 1.29 is 27.4 Å². The van der Waals surface area contributed by atoms with E-state index in [9.17, 15) is 18.0 Å². The quantitative estimate of drug-likeness (QED) is 0.829. The molecule has 0 saturated carbocycles. The summed E-state index contributed by atoms with van der Waals surface area (Å²) >= 11 is 6.65. The second-order valence-corrected chi connectivity index (χ2v) is 6.06. The van der Waals surface area contributed by atoms with Crippen molar-refractivity contribution in [3.05, 3.63) is 35.0 Å².